The first-order chi connectivity index (χ1) is 9.10. The molecule has 0 aliphatic carbocycles. The minimum atomic E-state index is -0.498. The van der Waals surface area contributed by atoms with E-state index in [9.17, 15) is 4.39 Å². The number of nitrogens with zero attached hydrogens (tertiary/aromatic N) is 1. The van der Waals surface area contributed by atoms with Crippen LogP contribution in [0.15, 0.2) is 41.3 Å². The summed E-state index contributed by atoms with van der Waals surface area (Å²) >= 11 is 7.34. The van der Waals surface area contributed by atoms with Crippen molar-refractivity contribution < 1.29 is 4.39 Å². The van der Waals surface area contributed by atoms with Crippen molar-refractivity contribution in [1.29, 1.82) is 5.26 Å². The summed E-state index contributed by atoms with van der Waals surface area (Å²) in [6, 6.07) is 11.6. The first-order valence-electron chi connectivity index (χ1n) is 5.46. The maximum atomic E-state index is 13.2. The molecule has 0 aromatic heterocycles. The third kappa shape index (κ3) is 3.40. The maximum Gasteiger partial charge on any atom is 0.140 e. The number of nitrogen functional groups attached to an aromatic ring is 1. The van der Waals surface area contributed by atoms with E-state index in [0.717, 1.165) is 10.5 Å². The standard InChI is InChI=1S/C14H10ClFN2S/c15-11-2-4-14(13(18)6-11)19-8-9-1-3-12(16)10(5-9)7-17/h1-6H,8,18H2. The summed E-state index contributed by atoms with van der Waals surface area (Å²) in [7, 11) is 0. The molecule has 5 heteroatoms. The van der Waals surface area contributed by atoms with Gasteiger partial charge in [0.1, 0.15) is 11.9 Å². The SMILES string of the molecule is N#Cc1cc(CSc2ccc(Cl)cc2N)ccc1F. The van der Waals surface area contributed by atoms with Gasteiger partial charge in [0.05, 0.1) is 5.56 Å². The Labute approximate surface area is 120 Å². The minimum absolute atomic E-state index is 0.0576. The number of halogens is 2. The number of anilines is 1. The molecular weight excluding hydrogens is 283 g/mol. The van der Waals surface area contributed by atoms with E-state index < -0.39 is 5.82 Å². The van der Waals surface area contributed by atoms with Crippen molar-refractivity contribution in [3.63, 3.8) is 0 Å². The molecule has 96 valence electrons. The van der Waals surface area contributed by atoms with Gasteiger partial charge in [-0.25, -0.2) is 4.39 Å². The van der Waals surface area contributed by atoms with Gasteiger partial charge in [0, 0.05) is 21.4 Å². The molecule has 0 fully saturated rings. The maximum absolute atomic E-state index is 13.2. The molecule has 0 aliphatic rings. The molecule has 2 aromatic rings. The lowest BCUT2D eigenvalue weighted by Crippen LogP contribution is -1.90. The second-order valence-electron chi connectivity index (χ2n) is 3.90. The Hall–Kier alpha value is -1.70. The Bertz CT molecular complexity index is 652. The molecule has 2 rings (SSSR count). The fraction of sp³-hybridized carbons (Fsp3) is 0.0714. The molecule has 0 atom stereocenters. The van der Waals surface area contributed by atoms with Crippen LogP contribution < -0.4 is 5.73 Å². The van der Waals surface area contributed by atoms with E-state index in [1.807, 2.05) is 12.1 Å². The quantitative estimate of drug-likeness (QED) is 0.680. The predicted molar refractivity (Wildman–Crippen MR) is 76.5 cm³/mol. The molecule has 0 bridgehead atoms. The summed E-state index contributed by atoms with van der Waals surface area (Å²) in [5.41, 5.74) is 7.39. The molecular formula is C14H10ClFN2S. The van der Waals surface area contributed by atoms with Crippen LogP contribution in [-0.4, -0.2) is 0 Å². The van der Waals surface area contributed by atoms with Gasteiger partial charge in [-0.15, -0.1) is 11.8 Å². The molecule has 2 N–H and O–H groups in total. The van der Waals surface area contributed by atoms with Crippen molar-refractivity contribution in [2.75, 3.05) is 5.73 Å². The number of benzene rings is 2. The largest absolute Gasteiger partial charge is 0.398 e. The summed E-state index contributed by atoms with van der Waals surface area (Å²) < 4.78 is 13.2. The zero-order valence-corrected chi connectivity index (χ0v) is 11.4. The van der Waals surface area contributed by atoms with E-state index in [2.05, 4.69) is 0 Å². The molecule has 0 saturated carbocycles. The molecule has 0 amide bonds. The summed E-state index contributed by atoms with van der Waals surface area (Å²) in [6.07, 6.45) is 0. The van der Waals surface area contributed by atoms with Crippen molar-refractivity contribution >= 4 is 29.1 Å². The lowest BCUT2D eigenvalue weighted by molar-refractivity contribution is 0.623. The van der Waals surface area contributed by atoms with Crippen LogP contribution in [0.2, 0.25) is 5.02 Å². The Morgan fingerprint density at radius 3 is 2.74 bits per heavy atom. The van der Waals surface area contributed by atoms with Gasteiger partial charge < -0.3 is 5.73 Å². The van der Waals surface area contributed by atoms with Crippen molar-refractivity contribution in [3.8, 4) is 6.07 Å². The molecule has 2 nitrogen and oxygen atoms in total. The topological polar surface area (TPSA) is 49.8 Å². The average molecular weight is 293 g/mol. The lowest BCUT2D eigenvalue weighted by Gasteiger charge is -2.06. The highest BCUT2D eigenvalue weighted by Crippen LogP contribution is 2.30. The van der Waals surface area contributed by atoms with E-state index in [-0.39, 0.29) is 5.56 Å². The molecule has 0 spiro atoms. The number of nitriles is 1. The highest BCUT2D eigenvalue weighted by atomic mass is 35.5. The number of hydrogen-bond acceptors (Lipinski definition) is 3. The monoisotopic (exact) mass is 292 g/mol. The third-order valence-corrected chi connectivity index (χ3v) is 3.91. The third-order valence-electron chi connectivity index (χ3n) is 2.52. The molecule has 2 aromatic carbocycles. The Balaban J connectivity index is 2.13. The van der Waals surface area contributed by atoms with Gasteiger partial charge in [-0.1, -0.05) is 17.7 Å². The van der Waals surface area contributed by atoms with Crippen LogP contribution in [0.5, 0.6) is 0 Å². The van der Waals surface area contributed by atoms with Gasteiger partial charge in [-0.2, -0.15) is 5.26 Å². The fourth-order valence-corrected chi connectivity index (χ4v) is 2.63. The van der Waals surface area contributed by atoms with Crippen LogP contribution in [0, 0.1) is 17.1 Å². The first kappa shape index (κ1) is 13.7. The molecule has 0 unspecified atom stereocenters. The first-order valence-corrected chi connectivity index (χ1v) is 6.83. The van der Waals surface area contributed by atoms with Gasteiger partial charge in [0.25, 0.3) is 0 Å². The number of nitrogens with two attached hydrogens (primary N) is 1. The van der Waals surface area contributed by atoms with Crippen LogP contribution in [-0.2, 0) is 5.75 Å². The Morgan fingerprint density at radius 2 is 2.05 bits per heavy atom. The van der Waals surface area contributed by atoms with E-state index in [1.165, 1.54) is 17.8 Å². The fourth-order valence-electron chi connectivity index (χ4n) is 1.56. The summed E-state index contributed by atoms with van der Waals surface area (Å²) in [5.74, 6) is 0.114. The number of rotatable bonds is 3. The van der Waals surface area contributed by atoms with E-state index in [1.54, 1.807) is 24.3 Å². The molecule has 19 heavy (non-hydrogen) atoms. The van der Waals surface area contributed by atoms with Crippen LogP contribution in [0.4, 0.5) is 10.1 Å². The molecule has 0 aliphatic heterocycles. The molecule has 0 saturated heterocycles. The van der Waals surface area contributed by atoms with Gasteiger partial charge in [-0.05, 0) is 35.9 Å². The summed E-state index contributed by atoms with van der Waals surface area (Å²) in [4.78, 5) is 0.909. The molecule has 0 heterocycles. The summed E-state index contributed by atoms with van der Waals surface area (Å²) in [6.45, 7) is 0. The average Bonchev–Trinajstić information content (AvgIpc) is 2.39. The van der Waals surface area contributed by atoms with E-state index in [4.69, 9.17) is 22.6 Å². The Kier molecular flexibility index (Phi) is 4.31. The van der Waals surface area contributed by atoms with Gasteiger partial charge in [-0.3, -0.25) is 0 Å². The van der Waals surface area contributed by atoms with Crippen LogP contribution in [0.25, 0.3) is 0 Å². The smallest absolute Gasteiger partial charge is 0.140 e. The van der Waals surface area contributed by atoms with Crippen molar-refractivity contribution in [2.45, 2.75) is 10.6 Å². The number of thioether (sulfide) groups is 1. The summed E-state index contributed by atoms with van der Waals surface area (Å²) in [5, 5.41) is 9.36. The van der Waals surface area contributed by atoms with Gasteiger partial charge in [0.15, 0.2) is 0 Å². The van der Waals surface area contributed by atoms with Crippen LogP contribution in [0.1, 0.15) is 11.1 Å². The van der Waals surface area contributed by atoms with Crippen LogP contribution >= 0.6 is 23.4 Å². The normalized spacial score (nSPS) is 10.2. The number of hydrogen-bond donors (Lipinski definition) is 1. The molecule has 0 radical (unpaired) electrons. The van der Waals surface area contributed by atoms with Crippen molar-refractivity contribution in [3.05, 3.63) is 58.4 Å². The predicted octanol–water partition coefficient (Wildman–Crippen LogP) is 4.23. The highest BCUT2D eigenvalue weighted by Gasteiger charge is 2.05. The lowest BCUT2D eigenvalue weighted by atomic mass is 10.1. The van der Waals surface area contributed by atoms with Crippen molar-refractivity contribution in [1.82, 2.24) is 0 Å². The van der Waals surface area contributed by atoms with E-state index >= 15 is 0 Å². The zero-order chi connectivity index (χ0) is 13.8. The van der Waals surface area contributed by atoms with Crippen molar-refractivity contribution in [2.24, 2.45) is 0 Å². The zero-order valence-electron chi connectivity index (χ0n) is 9.86. The van der Waals surface area contributed by atoms with E-state index in [0.29, 0.717) is 16.5 Å². The van der Waals surface area contributed by atoms with Gasteiger partial charge in [0.2, 0.25) is 0 Å². The van der Waals surface area contributed by atoms with Crippen LogP contribution in [0.3, 0.4) is 0 Å². The minimum Gasteiger partial charge on any atom is -0.398 e. The second-order valence-corrected chi connectivity index (χ2v) is 5.35. The second kappa shape index (κ2) is 5.96. The highest BCUT2D eigenvalue weighted by molar-refractivity contribution is 7.98. The Morgan fingerprint density at radius 1 is 1.26 bits per heavy atom. The van der Waals surface area contributed by atoms with Gasteiger partial charge >= 0.3 is 0 Å².